The molecule has 1 saturated heterocycles. The van der Waals surface area contributed by atoms with Crippen LogP contribution in [0.3, 0.4) is 0 Å². The minimum absolute atomic E-state index is 0. The van der Waals surface area contributed by atoms with E-state index >= 15 is 0 Å². The predicted octanol–water partition coefficient (Wildman–Crippen LogP) is 4.81. The van der Waals surface area contributed by atoms with Crippen LogP contribution >= 0.6 is 28.7 Å². The van der Waals surface area contributed by atoms with Gasteiger partial charge in [-0.1, -0.05) is 49.9 Å². The summed E-state index contributed by atoms with van der Waals surface area (Å²) in [4.78, 5) is 6.60. The Morgan fingerprint density at radius 1 is 1.07 bits per heavy atom. The highest BCUT2D eigenvalue weighted by molar-refractivity contribution is 8.93. The van der Waals surface area contributed by atoms with Crippen LogP contribution in [-0.2, 0) is 0 Å². The molecule has 4 rings (SSSR count). The van der Waals surface area contributed by atoms with Gasteiger partial charge in [-0.05, 0) is 35.4 Å². The Bertz CT molecular complexity index is 890. The lowest BCUT2D eigenvalue weighted by Gasteiger charge is -2.45. The molecular formula is C21H23BrF2N2OS. The molecule has 2 heterocycles. The van der Waals surface area contributed by atoms with Crippen molar-refractivity contribution in [2.24, 2.45) is 10.4 Å². The molecule has 2 unspecified atom stereocenters. The van der Waals surface area contributed by atoms with Crippen LogP contribution in [0.2, 0.25) is 0 Å². The van der Waals surface area contributed by atoms with Crippen LogP contribution < -0.4 is 0 Å². The molecule has 0 spiro atoms. The van der Waals surface area contributed by atoms with Gasteiger partial charge < -0.3 is 10.0 Å². The number of thioether (sulfide) groups is 1. The maximum atomic E-state index is 14.0. The van der Waals surface area contributed by atoms with Crippen LogP contribution in [0.5, 0.6) is 0 Å². The molecule has 2 aliphatic heterocycles. The minimum Gasteiger partial charge on any atom is -0.369 e. The number of halogens is 3. The lowest BCUT2D eigenvalue weighted by Crippen LogP contribution is -2.56. The summed E-state index contributed by atoms with van der Waals surface area (Å²) in [5, 5.41) is 12.7. The summed E-state index contributed by atoms with van der Waals surface area (Å²) in [6, 6.07) is 12.4. The maximum Gasteiger partial charge on any atom is 0.161 e. The lowest BCUT2D eigenvalue weighted by atomic mass is 9.81. The highest BCUT2D eigenvalue weighted by atomic mass is 79.9. The van der Waals surface area contributed by atoms with E-state index in [9.17, 15) is 13.9 Å². The molecule has 7 heteroatoms. The van der Waals surface area contributed by atoms with Gasteiger partial charge in [0.2, 0.25) is 0 Å². The SMILES string of the molecule is Br.CC1(C)CN=C2SCC(O)(C(c3ccc(F)cc3)c3cccc(F)c3)N2C1. The number of hydrogen-bond acceptors (Lipinski definition) is 4. The van der Waals surface area contributed by atoms with Crippen molar-refractivity contribution in [3.8, 4) is 0 Å². The molecule has 1 fully saturated rings. The van der Waals surface area contributed by atoms with Crippen molar-refractivity contribution in [1.82, 2.24) is 4.90 Å². The molecule has 0 amide bonds. The third-order valence-corrected chi connectivity index (χ3v) is 6.37. The largest absolute Gasteiger partial charge is 0.369 e. The van der Waals surface area contributed by atoms with E-state index in [2.05, 4.69) is 18.8 Å². The van der Waals surface area contributed by atoms with Crippen LogP contribution in [-0.4, -0.2) is 39.7 Å². The van der Waals surface area contributed by atoms with E-state index in [0.29, 0.717) is 24.4 Å². The smallest absolute Gasteiger partial charge is 0.161 e. The Hall–Kier alpha value is -1.44. The molecule has 0 radical (unpaired) electrons. The second-order valence-corrected chi connectivity index (χ2v) is 9.00. The summed E-state index contributed by atoms with van der Waals surface area (Å²) >= 11 is 1.52. The zero-order valence-electron chi connectivity index (χ0n) is 15.7. The van der Waals surface area contributed by atoms with Gasteiger partial charge in [0.25, 0.3) is 0 Å². The molecule has 28 heavy (non-hydrogen) atoms. The van der Waals surface area contributed by atoms with E-state index in [-0.39, 0.29) is 34.0 Å². The summed E-state index contributed by atoms with van der Waals surface area (Å²) in [6.07, 6.45) is 0. The first kappa shape index (κ1) is 21.3. The van der Waals surface area contributed by atoms with Crippen molar-refractivity contribution in [3.63, 3.8) is 0 Å². The Morgan fingerprint density at radius 2 is 1.79 bits per heavy atom. The molecule has 2 atom stereocenters. The van der Waals surface area contributed by atoms with Crippen molar-refractivity contribution in [2.45, 2.75) is 25.5 Å². The average molecular weight is 469 g/mol. The summed E-state index contributed by atoms with van der Waals surface area (Å²) in [5.41, 5.74) is 0.0638. The lowest BCUT2D eigenvalue weighted by molar-refractivity contribution is -0.0703. The second kappa shape index (κ2) is 7.76. The van der Waals surface area contributed by atoms with Gasteiger partial charge in [0, 0.05) is 24.3 Å². The van der Waals surface area contributed by atoms with Crippen LogP contribution in [0, 0.1) is 17.0 Å². The van der Waals surface area contributed by atoms with Gasteiger partial charge in [-0.2, -0.15) is 0 Å². The topological polar surface area (TPSA) is 35.8 Å². The van der Waals surface area contributed by atoms with Gasteiger partial charge in [0.05, 0.1) is 5.92 Å². The van der Waals surface area contributed by atoms with Gasteiger partial charge in [-0.15, -0.1) is 17.0 Å². The molecule has 0 bridgehead atoms. The molecule has 0 saturated carbocycles. The summed E-state index contributed by atoms with van der Waals surface area (Å²) in [7, 11) is 0. The first-order valence-corrected chi connectivity index (χ1v) is 9.95. The van der Waals surface area contributed by atoms with Crippen LogP contribution in [0.25, 0.3) is 0 Å². The molecule has 2 aliphatic rings. The van der Waals surface area contributed by atoms with Crippen molar-refractivity contribution >= 4 is 33.9 Å². The number of rotatable bonds is 3. The number of nitrogens with zero attached hydrogens (tertiary/aromatic N) is 2. The Balaban J connectivity index is 0.00000225. The molecule has 150 valence electrons. The predicted molar refractivity (Wildman–Crippen MR) is 115 cm³/mol. The first-order valence-electron chi connectivity index (χ1n) is 8.97. The number of amidine groups is 1. The Kier molecular flexibility index (Phi) is 5.90. The fourth-order valence-corrected chi connectivity index (χ4v) is 5.09. The fourth-order valence-electron chi connectivity index (χ4n) is 3.89. The fraction of sp³-hybridized carbons (Fsp3) is 0.381. The standard InChI is InChI=1S/C21H22F2N2OS.BrH/c1-20(2)11-24-19-25(12-20)21(26,13-27-19)18(14-6-8-16(22)9-7-14)15-4-3-5-17(23)10-15;/h3-10,18,26H,11-13H2,1-2H3;1H. The number of aliphatic imine (C=N–C) groups is 1. The monoisotopic (exact) mass is 468 g/mol. The van der Waals surface area contributed by atoms with Gasteiger partial charge in [-0.25, -0.2) is 8.78 Å². The number of fused-ring (bicyclic) bond motifs is 1. The maximum absolute atomic E-state index is 14.0. The van der Waals surface area contributed by atoms with Gasteiger partial charge in [0.1, 0.15) is 11.6 Å². The summed E-state index contributed by atoms with van der Waals surface area (Å²) in [5.74, 6) is -0.809. The summed E-state index contributed by atoms with van der Waals surface area (Å²) in [6.45, 7) is 5.60. The highest BCUT2D eigenvalue weighted by Gasteiger charge is 2.52. The first-order chi connectivity index (χ1) is 12.8. The molecule has 2 aromatic rings. The van der Waals surface area contributed by atoms with E-state index in [1.807, 2.05) is 11.0 Å². The van der Waals surface area contributed by atoms with E-state index in [4.69, 9.17) is 0 Å². The van der Waals surface area contributed by atoms with E-state index in [0.717, 1.165) is 10.7 Å². The van der Waals surface area contributed by atoms with Crippen molar-refractivity contribution in [1.29, 1.82) is 0 Å². The van der Waals surface area contributed by atoms with Crippen molar-refractivity contribution in [3.05, 3.63) is 71.3 Å². The molecule has 3 nitrogen and oxygen atoms in total. The highest BCUT2D eigenvalue weighted by Crippen LogP contribution is 2.47. The Labute approximate surface area is 178 Å². The van der Waals surface area contributed by atoms with Crippen LogP contribution in [0.1, 0.15) is 30.9 Å². The number of aliphatic hydroxyl groups is 1. The van der Waals surface area contributed by atoms with Crippen molar-refractivity contribution in [2.75, 3.05) is 18.8 Å². The van der Waals surface area contributed by atoms with Crippen LogP contribution in [0.15, 0.2) is 53.5 Å². The van der Waals surface area contributed by atoms with Crippen LogP contribution in [0.4, 0.5) is 8.78 Å². The minimum atomic E-state index is -1.27. The average Bonchev–Trinajstić information content (AvgIpc) is 2.93. The van der Waals surface area contributed by atoms with Gasteiger partial charge >= 0.3 is 0 Å². The zero-order chi connectivity index (χ0) is 19.2. The molecule has 0 aromatic heterocycles. The molecule has 1 N–H and O–H groups in total. The van der Waals surface area contributed by atoms with Crippen molar-refractivity contribution < 1.29 is 13.9 Å². The van der Waals surface area contributed by atoms with E-state index in [1.54, 1.807) is 18.2 Å². The quantitative estimate of drug-likeness (QED) is 0.701. The number of benzene rings is 2. The normalized spacial score (nSPS) is 24.2. The third-order valence-electron chi connectivity index (χ3n) is 5.19. The molecule has 2 aromatic carbocycles. The number of hydrogen-bond donors (Lipinski definition) is 1. The summed E-state index contributed by atoms with van der Waals surface area (Å²) < 4.78 is 27.5. The van der Waals surface area contributed by atoms with Gasteiger partial charge in [0.15, 0.2) is 10.9 Å². The third kappa shape index (κ3) is 3.84. The van der Waals surface area contributed by atoms with Gasteiger partial charge in [-0.3, -0.25) is 4.99 Å². The van der Waals surface area contributed by atoms with E-state index < -0.39 is 11.6 Å². The Morgan fingerprint density at radius 3 is 2.46 bits per heavy atom. The zero-order valence-corrected chi connectivity index (χ0v) is 18.3. The molecule has 0 aliphatic carbocycles. The second-order valence-electron chi connectivity index (χ2n) is 8.06. The molecular weight excluding hydrogens is 446 g/mol. The van der Waals surface area contributed by atoms with E-state index in [1.165, 1.54) is 36.0 Å².